The fourth-order valence-electron chi connectivity index (χ4n) is 4.04. The van der Waals surface area contributed by atoms with E-state index in [1.165, 1.54) is 28.1 Å². The molecule has 0 fully saturated rings. The topological polar surface area (TPSA) is 106 Å². The third kappa shape index (κ3) is 3.80. The van der Waals surface area contributed by atoms with E-state index in [1.54, 1.807) is 19.1 Å². The van der Waals surface area contributed by atoms with Gasteiger partial charge < -0.3 is 10.2 Å². The predicted octanol–water partition coefficient (Wildman–Crippen LogP) is 4.43. The van der Waals surface area contributed by atoms with Gasteiger partial charge in [0.1, 0.15) is 0 Å². The van der Waals surface area contributed by atoms with Crippen LogP contribution >= 0.6 is 0 Å². The van der Waals surface area contributed by atoms with Gasteiger partial charge in [-0.05, 0) is 55.3 Å². The first-order chi connectivity index (χ1) is 16.0. The van der Waals surface area contributed by atoms with Crippen molar-refractivity contribution in [2.45, 2.75) is 13.3 Å². The number of nitro benzene ring substituents is 1. The number of benzene rings is 3. The molecular weight excluding hydrogens is 420 g/mol. The van der Waals surface area contributed by atoms with Crippen LogP contribution in [0.2, 0.25) is 0 Å². The van der Waals surface area contributed by atoms with Gasteiger partial charge in [0, 0.05) is 35.7 Å². The largest absolute Gasteiger partial charge is 0.341 e. The molecule has 1 aliphatic heterocycles. The van der Waals surface area contributed by atoms with Crippen LogP contribution < -0.4 is 10.2 Å². The van der Waals surface area contributed by atoms with Crippen molar-refractivity contribution < 1.29 is 9.72 Å². The van der Waals surface area contributed by atoms with Gasteiger partial charge in [0.15, 0.2) is 5.69 Å². The van der Waals surface area contributed by atoms with Gasteiger partial charge in [0.05, 0.1) is 16.3 Å². The van der Waals surface area contributed by atoms with Crippen LogP contribution in [0.4, 0.5) is 22.7 Å². The number of fused-ring (bicyclic) bond motifs is 1. The van der Waals surface area contributed by atoms with Crippen LogP contribution in [0.3, 0.4) is 0 Å². The van der Waals surface area contributed by atoms with Crippen LogP contribution in [0.25, 0.3) is 5.69 Å². The van der Waals surface area contributed by atoms with Gasteiger partial charge in [-0.3, -0.25) is 14.9 Å². The zero-order valence-electron chi connectivity index (χ0n) is 17.8. The Balaban J connectivity index is 1.33. The number of hydrogen-bond donors (Lipinski definition) is 1. The summed E-state index contributed by atoms with van der Waals surface area (Å²) in [5, 5.41) is 21.9. The van der Waals surface area contributed by atoms with Gasteiger partial charge in [0.2, 0.25) is 0 Å². The predicted molar refractivity (Wildman–Crippen MR) is 124 cm³/mol. The molecule has 1 aromatic heterocycles. The minimum Gasteiger partial charge on any atom is -0.341 e. The second-order valence-corrected chi connectivity index (χ2v) is 7.74. The van der Waals surface area contributed by atoms with Gasteiger partial charge in [0.25, 0.3) is 11.6 Å². The molecule has 3 aromatic carbocycles. The normalized spacial score (nSPS) is 12.5. The molecule has 0 atom stereocenters. The second-order valence-electron chi connectivity index (χ2n) is 7.74. The van der Waals surface area contributed by atoms with Crippen molar-refractivity contribution in [3.63, 3.8) is 0 Å². The van der Waals surface area contributed by atoms with E-state index in [1.807, 2.05) is 30.3 Å². The lowest BCUT2D eigenvalue weighted by Gasteiger charge is -2.19. The highest BCUT2D eigenvalue weighted by molar-refractivity contribution is 6.03. The second kappa shape index (κ2) is 8.19. The molecule has 0 radical (unpaired) electrons. The van der Waals surface area contributed by atoms with Gasteiger partial charge >= 0.3 is 0 Å². The number of anilines is 3. The molecule has 164 valence electrons. The number of rotatable bonds is 5. The van der Waals surface area contributed by atoms with Crippen LogP contribution in [-0.2, 0) is 6.42 Å². The van der Waals surface area contributed by atoms with E-state index in [2.05, 4.69) is 38.7 Å². The van der Waals surface area contributed by atoms with Crippen LogP contribution in [0.5, 0.6) is 0 Å². The number of nitro groups is 1. The Morgan fingerprint density at radius 1 is 1.03 bits per heavy atom. The molecule has 2 heterocycles. The fraction of sp³-hybridized carbons (Fsp3) is 0.125. The number of non-ortho nitro benzene ring substituents is 1. The lowest BCUT2D eigenvalue weighted by Crippen LogP contribution is -2.15. The van der Waals surface area contributed by atoms with Crippen LogP contribution in [0.1, 0.15) is 21.7 Å². The Hall–Kier alpha value is -4.53. The maximum atomic E-state index is 12.8. The van der Waals surface area contributed by atoms with Crippen molar-refractivity contribution in [3.8, 4) is 5.69 Å². The monoisotopic (exact) mass is 440 g/mol. The number of nitrogens with zero attached hydrogens (tertiary/aromatic N) is 5. The molecule has 1 aliphatic rings. The molecule has 33 heavy (non-hydrogen) atoms. The summed E-state index contributed by atoms with van der Waals surface area (Å²) in [6, 6.07) is 22.0. The van der Waals surface area contributed by atoms with Crippen molar-refractivity contribution in [1.82, 2.24) is 15.0 Å². The highest BCUT2D eigenvalue weighted by Crippen LogP contribution is 2.34. The molecule has 4 aromatic rings. The Morgan fingerprint density at radius 2 is 1.82 bits per heavy atom. The molecule has 0 saturated heterocycles. The highest BCUT2D eigenvalue weighted by Gasteiger charge is 2.21. The minimum absolute atomic E-state index is 0.0610. The fourth-order valence-corrected chi connectivity index (χ4v) is 4.04. The number of carbonyl (C=O) groups excluding carboxylic acids is 1. The van der Waals surface area contributed by atoms with Crippen molar-refractivity contribution in [1.29, 1.82) is 0 Å². The molecule has 9 nitrogen and oxygen atoms in total. The molecule has 9 heteroatoms. The first-order valence-corrected chi connectivity index (χ1v) is 10.5. The Labute approximate surface area is 189 Å². The van der Waals surface area contributed by atoms with Crippen molar-refractivity contribution in [3.05, 3.63) is 99.9 Å². The van der Waals surface area contributed by atoms with E-state index in [4.69, 9.17) is 0 Å². The average molecular weight is 440 g/mol. The lowest BCUT2D eigenvalue weighted by atomic mass is 10.2. The molecule has 5 rings (SSSR count). The van der Waals surface area contributed by atoms with Crippen LogP contribution in [-0.4, -0.2) is 32.4 Å². The molecular formula is C24H20N6O3. The Bertz CT molecular complexity index is 1360. The molecule has 0 spiro atoms. The quantitative estimate of drug-likeness (QED) is 0.363. The zero-order chi connectivity index (χ0) is 22.9. The van der Waals surface area contributed by atoms with Crippen molar-refractivity contribution in [2.75, 3.05) is 16.8 Å². The van der Waals surface area contributed by atoms with Crippen LogP contribution in [0, 0.1) is 17.0 Å². The first kappa shape index (κ1) is 20.4. The van der Waals surface area contributed by atoms with Crippen molar-refractivity contribution in [2.24, 2.45) is 0 Å². The summed E-state index contributed by atoms with van der Waals surface area (Å²) < 4.78 is 1.41. The van der Waals surface area contributed by atoms with E-state index >= 15 is 0 Å². The number of aromatic nitrogens is 3. The smallest absolute Gasteiger partial charge is 0.278 e. The number of nitrogens with one attached hydrogen (secondary N) is 1. The number of hydrogen-bond acceptors (Lipinski definition) is 6. The number of amides is 1. The van der Waals surface area contributed by atoms with E-state index in [9.17, 15) is 14.9 Å². The molecule has 0 unspecified atom stereocenters. The Kier molecular flexibility index (Phi) is 5.06. The van der Waals surface area contributed by atoms with Crippen LogP contribution in [0.15, 0.2) is 72.8 Å². The molecule has 1 amide bonds. The summed E-state index contributed by atoms with van der Waals surface area (Å²) in [5.41, 5.74) is 5.28. The third-order valence-electron chi connectivity index (χ3n) is 5.72. The maximum Gasteiger partial charge on any atom is 0.278 e. The molecule has 1 N–H and O–H groups in total. The average Bonchev–Trinajstić information content (AvgIpc) is 3.43. The standard InChI is InChI=1S/C24H20N6O3/c1-16-23(26-27-29(16)20-6-4-7-21(15-20)30(32)33)24(31)25-18-9-11-19(12-10-18)28-14-13-17-5-2-3-8-22(17)28/h2-12,15H,13-14H2,1H3,(H,25,31). The SMILES string of the molecule is Cc1c(C(=O)Nc2ccc(N3CCc4ccccc43)cc2)nnn1-c1cccc([N+](=O)[O-])c1. The van der Waals surface area contributed by atoms with E-state index in [0.29, 0.717) is 17.1 Å². The molecule has 0 aliphatic carbocycles. The van der Waals surface area contributed by atoms with Gasteiger partial charge in [-0.1, -0.05) is 29.5 Å². The number of para-hydroxylation sites is 1. The summed E-state index contributed by atoms with van der Waals surface area (Å²) in [5.74, 6) is -0.400. The summed E-state index contributed by atoms with van der Waals surface area (Å²) in [7, 11) is 0. The third-order valence-corrected chi connectivity index (χ3v) is 5.72. The highest BCUT2D eigenvalue weighted by atomic mass is 16.6. The van der Waals surface area contributed by atoms with Gasteiger partial charge in [-0.2, -0.15) is 0 Å². The number of carbonyl (C=O) groups is 1. The van der Waals surface area contributed by atoms with Gasteiger partial charge in [-0.15, -0.1) is 5.10 Å². The molecule has 0 bridgehead atoms. The van der Waals surface area contributed by atoms with E-state index < -0.39 is 10.8 Å². The summed E-state index contributed by atoms with van der Waals surface area (Å²) >= 11 is 0. The zero-order valence-corrected chi connectivity index (χ0v) is 17.8. The molecule has 0 saturated carbocycles. The first-order valence-electron chi connectivity index (χ1n) is 10.5. The van der Waals surface area contributed by atoms with Crippen molar-refractivity contribution >= 4 is 28.7 Å². The maximum absolute atomic E-state index is 12.8. The summed E-state index contributed by atoms with van der Waals surface area (Å²) in [4.78, 5) is 25.6. The Morgan fingerprint density at radius 3 is 2.61 bits per heavy atom. The van der Waals surface area contributed by atoms with E-state index in [0.717, 1.165) is 18.7 Å². The summed E-state index contributed by atoms with van der Waals surface area (Å²) in [6.45, 7) is 2.62. The lowest BCUT2D eigenvalue weighted by molar-refractivity contribution is -0.384. The minimum atomic E-state index is -0.478. The summed E-state index contributed by atoms with van der Waals surface area (Å²) in [6.07, 6.45) is 1.01. The van der Waals surface area contributed by atoms with Gasteiger partial charge in [-0.25, -0.2) is 4.68 Å². The van der Waals surface area contributed by atoms with E-state index in [-0.39, 0.29) is 11.4 Å².